The summed E-state index contributed by atoms with van der Waals surface area (Å²) in [4.78, 5) is 29.4. The van der Waals surface area contributed by atoms with E-state index in [1.807, 2.05) is 18.2 Å². The van der Waals surface area contributed by atoms with E-state index in [9.17, 15) is 9.59 Å². The Morgan fingerprint density at radius 2 is 1.57 bits per heavy atom. The number of hydrogen-bond acceptors (Lipinski definition) is 5. The highest BCUT2D eigenvalue weighted by Gasteiger charge is 2.43. The topological polar surface area (TPSA) is 55.8 Å². The standard InChI is InChI=1S/C34H34INO4/c1-3-17-36-26-13-7-15-28(37)32(26)31(33-27(36)14-8-16-29(33)38)23-18-25(35)34(30(19-23)39-2)40-20-22-11-6-10-21-9-4-5-12-24(21)22/h4-6,9-12,18-19,31H,3,7-8,13-17,20H2,1-2H3. The largest absolute Gasteiger partial charge is 0.493 e. The van der Waals surface area contributed by atoms with Crippen molar-refractivity contribution in [2.45, 2.75) is 64.4 Å². The van der Waals surface area contributed by atoms with Crippen LogP contribution in [0.25, 0.3) is 10.8 Å². The SMILES string of the molecule is CCCN1C2=C(C(=O)CCC2)C(c2cc(I)c(OCc3cccc4ccccc34)c(OC)c2)C2=C1CCCC2=O. The van der Waals surface area contributed by atoms with Crippen LogP contribution in [-0.4, -0.2) is 30.1 Å². The van der Waals surface area contributed by atoms with Gasteiger partial charge in [-0.3, -0.25) is 9.59 Å². The van der Waals surface area contributed by atoms with Gasteiger partial charge in [-0.2, -0.15) is 0 Å². The Labute approximate surface area is 249 Å². The van der Waals surface area contributed by atoms with Gasteiger partial charge in [-0.15, -0.1) is 0 Å². The Hall–Kier alpha value is -3.13. The number of allylic oxidation sites excluding steroid dienone is 4. The minimum Gasteiger partial charge on any atom is -0.493 e. The third-order valence-corrected chi connectivity index (χ3v) is 9.17. The van der Waals surface area contributed by atoms with E-state index in [-0.39, 0.29) is 17.5 Å². The molecule has 0 radical (unpaired) electrons. The predicted molar refractivity (Wildman–Crippen MR) is 165 cm³/mol. The summed E-state index contributed by atoms with van der Waals surface area (Å²) in [6.45, 7) is 3.41. The van der Waals surface area contributed by atoms with E-state index in [1.165, 1.54) is 10.8 Å². The number of rotatable bonds is 7. The minimum atomic E-state index is -0.353. The average molecular weight is 648 g/mol. The molecule has 6 heteroatoms. The summed E-state index contributed by atoms with van der Waals surface area (Å²) < 4.78 is 13.2. The number of benzene rings is 3. The molecule has 5 nitrogen and oxygen atoms in total. The van der Waals surface area contributed by atoms with Crippen molar-refractivity contribution >= 4 is 44.9 Å². The highest BCUT2D eigenvalue weighted by atomic mass is 127. The van der Waals surface area contributed by atoms with Crippen molar-refractivity contribution in [1.82, 2.24) is 4.90 Å². The highest BCUT2D eigenvalue weighted by molar-refractivity contribution is 14.1. The summed E-state index contributed by atoms with van der Waals surface area (Å²) in [7, 11) is 1.65. The first-order valence-corrected chi connectivity index (χ1v) is 15.4. The molecule has 1 aliphatic heterocycles. The number of carbonyl (C=O) groups excluding carboxylic acids is 2. The van der Waals surface area contributed by atoms with Crippen molar-refractivity contribution in [1.29, 1.82) is 0 Å². The number of halogens is 1. The second-order valence-corrected chi connectivity index (χ2v) is 12.0. The van der Waals surface area contributed by atoms with Gasteiger partial charge in [0.1, 0.15) is 6.61 Å². The van der Waals surface area contributed by atoms with Gasteiger partial charge >= 0.3 is 0 Å². The van der Waals surface area contributed by atoms with Gasteiger partial charge in [-0.25, -0.2) is 0 Å². The zero-order valence-corrected chi connectivity index (χ0v) is 25.3. The van der Waals surface area contributed by atoms with Crippen LogP contribution in [0.3, 0.4) is 0 Å². The molecular weight excluding hydrogens is 613 g/mol. The zero-order chi connectivity index (χ0) is 27.8. The molecule has 3 aromatic carbocycles. The molecule has 206 valence electrons. The Kier molecular flexibility index (Phi) is 7.71. The molecular formula is C34H34INO4. The summed E-state index contributed by atoms with van der Waals surface area (Å²) in [5, 5.41) is 2.34. The predicted octanol–water partition coefficient (Wildman–Crippen LogP) is 7.86. The van der Waals surface area contributed by atoms with Gasteiger partial charge < -0.3 is 14.4 Å². The van der Waals surface area contributed by atoms with Gasteiger partial charge in [0, 0.05) is 47.8 Å². The number of ether oxygens (including phenoxy) is 2. The van der Waals surface area contributed by atoms with Crippen LogP contribution < -0.4 is 9.47 Å². The molecule has 0 N–H and O–H groups in total. The van der Waals surface area contributed by atoms with Crippen molar-refractivity contribution in [3.63, 3.8) is 0 Å². The molecule has 0 unspecified atom stereocenters. The van der Waals surface area contributed by atoms with Gasteiger partial charge in [0.15, 0.2) is 23.1 Å². The normalized spacial score (nSPS) is 17.8. The van der Waals surface area contributed by atoms with Gasteiger partial charge in [0.25, 0.3) is 0 Å². The molecule has 0 aromatic heterocycles. The fourth-order valence-corrected chi connectivity index (χ4v) is 7.44. The molecule has 0 spiro atoms. The lowest BCUT2D eigenvalue weighted by Crippen LogP contribution is -2.39. The number of fused-ring (bicyclic) bond motifs is 1. The van der Waals surface area contributed by atoms with Crippen LogP contribution in [0, 0.1) is 3.57 Å². The summed E-state index contributed by atoms with van der Waals surface area (Å²) in [5.74, 6) is 1.28. The molecule has 0 saturated carbocycles. The molecule has 0 atom stereocenters. The zero-order valence-electron chi connectivity index (χ0n) is 23.1. The van der Waals surface area contributed by atoms with Crippen molar-refractivity contribution in [2.75, 3.05) is 13.7 Å². The van der Waals surface area contributed by atoms with E-state index in [0.29, 0.717) is 30.9 Å². The molecule has 3 aromatic rings. The van der Waals surface area contributed by atoms with Crippen LogP contribution in [0.15, 0.2) is 77.1 Å². The van der Waals surface area contributed by atoms with E-state index in [0.717, 1.165) is 75.9 Å². The van der Waals surface area contributed by atoms with E-state index in [2.05, 4.69) is 70.8 Å². The quantitative estimate of drug-likeness (QED) is 0.245. The van der Waals surface area contributed by atoms with Crippen molar-refractivity contribution in [3.05, 3.63) is 91.8 Å². The molecule has 1 heterocycles. The molecule has 6 rings (SSSR count). The van der Waals surface area contributed by atoms with Crippen molar-refractivity contribution in [3.8, 4) is 11.5 Å². The van der Waals surface area contributed by atoms with Crippen LogP contribution >= 0.6 is 22.6 Å². The van der Waals surface area contributed by atoms with Gasteiger partial charge in [-0.1, -0.05) is 49.4 Å². The summed E-state index contributed by atoms with van der Waals surface area (Å²) >= 11 is 2.30. The fraction of sp³-hybridized carbons (Fsp3) is 0.353. The first-order chi connectivity index (χ1) is 19.5. The number of Topliss-reactive ketones (excluding diaryl/α,β-unsaturated/α-hetero) is 2. The third-order valence-electron chi connectivity index (χ3n) is 8.37. The first-order valence-electron chi connectivity index (χ1n) is 14.3. The maximum absolute atomic E-state index is 13.5. The molecule has 2 aliphatic carbocycles. The van der Waals surface area contributed by atoms with Crippen LogP contribution in [0.4, 0.5) is 0 Å². The van der Waals surface area contributed by atoms with Gasteiger partial charge in [0.2, 0.25) is 0 Å². The lowest BCUT2D eigenvalue weighted by atomic mass is 9.71. The van der Waals surface area contributed by atoms with Crippen LogP contribution in [0.5, 0.6) is 11.5 Å². The van der Waals surface area contributed by atoms with Gasteiger partial charge in [0.05, 0.1) is 10.7 Å². The second-order valence-electron chi connectivity index (χ2n) is 10.8. The lowest BCUT2D eigenvalue weighted by Gasteiger charge is -2.44. The lowest BCUT2D eigenvalue weighted by molar-refractivity contribution is -0.117. The highest BCUT2D eigenvalue weighted by Crippen LogP contribution is 2.50. The number of hydrogen-bond donors (Lipinski definition) is 0. The summed E-state index contributed by atoms with van der Waals surface area (Å²) in [6, 6.07) is 18.6. The smallest absolute Gasteiger partial charge is 0.174 e. The monoisotopic (exact) mass is 647 g/mol. The number of ketones is 2. The Morgan fingerprint density at radius 1 is 0.900 bits per heavy atom. The Morgan fingerprint density at radius 3 is 2.25 bits per heavy atom. The Balaban J connectivity index is 1.42. The molecule has 3 aliphatic rings. The minimum absolute atomic E-state index is 0.169. The van der Waals surface area contributed by atoms with E-state index < -0.39 is 0 Å². The second kappa shape index (κ2) is 11.4. The average Bonchev–Trinajstić information content (AvgIpc) is 2.97. The van der Waals surface area contributed by atoms with Crippen LogP contribution in [0.2, 0.25) is 0 Å². The summed E-state index contributed by atoms with van der Waals surface area (Å²) in [5.41, 5.74) is 5.92. The van der Waals surface area contributed by atoms with E-state index in [1.54, 1.807) is 7.11 Å². The van der Waals surface area contributed by atoms with Gasteiger partial charge in [-0.05, 0) is 88.7 Å². The van der Waals surface area contributed by atoms with Crippen LogP contribution in [0.1, 0.15) is 68.9 Å². The number of nitrogens with zero attached hydrogens (tertiary/aromatic N) is 1. The Bertz CT molecular complexity index is 1520. The summed E-state index contributed by atoms with van der Waals surface area (Å²) in [6.07, 6.45) is 5.52. The molecule has 0 saturated heterocycles. The molecule has 0 amide bonds. The van der Waals surface area contributed by atoms with E-state index in [4.69, 9.17) is 9.47 Å². The fourth-order valence-electron chi connectivity index (χ4n) is 6.66. The van der Waals surface area contributed by atoms with E-state index >= 15 is 0 Å². The molecule has 40 heavy (non-hydrogen) atoms. The van der Waals surface area contributed by atoms with Crippen molar-refractivity contribution < 1.29 is 19.1 Å². The number of methoxy groups -OCH3 is 1. The van der Waals surface area contributed by atoms with Crippen molar-refractivity contribution in [2.24, 2.45) is 0 Å². The molecule has 0 fully saturated rings. The number of carbonyl (C=O) groups is 2. The maximum atomic E-state index is 13.5. The first kappa shape index (κ1) is 27.1. The third kappa shape index (κ3) is 4.74. The maximum Gasteiger partial charge on any atom is 0.174 e. The molecule has 0 bridgehead atoms. The van der Waals surface area contributed by atoms with Crippen LogP contribution in [-0.2, 0) is 16.2 Å².